The fraction of sp³-hybridized carbons (Fsp3) is 0.571. The Morgan fingerprint density at radius 2 is 1.90 bits per heavy atom. The maximum atomic E-state index is 12.2. The molecule has 7 heteroatoms. The molecule has 0 saturated carbocycles. The van der Waals surface area contributed by atoms with E-state index in [0.29, 0.717) is 28.5 Å². The molecule has 0 amide bonds. The van der Waals surface area contributed by atoms with E-state index < -0.39 is 27.1 Å². The van der Waals surface area contributed by atoms with Gasteiger partial charge in [-0.1, -0.05) is 35.7 Å². The highest BCUT2D eigenvalue weighted by Crippen LogP contribution is 2.36. The number of aliphatic hydroxyl groups excluding tert-OH is 1. The lowest BCUT2D eigenvalue weighted by Gasteiger charge is -2.32. The second-order valence-electron chi connectivity index (χ2n) is 5.37. The van der Waals surface area contributed by atoms with Gasteiger partial charge < -0.3 is 10.8 Å². The second-order valence-corrected chi connectivity index (χ2v) is 8.52. The van der Waals surface area contributed by atoms with Gasteiger partial charge in [-0.3, -0.25) is 0 Å². The number of nitrogens with two attached hydrogens (primary N) is 1. The molecule has 0 aliphatic carbocycles. The number of halogens is 2. The third-order valence-electron chi connectivity index (χ3n) is 4.05. The van der Waals surface area contributed by atoms with E-state index in [-0.39, 0.29) is 12.3 Å². The molecule has 1 aromatic rings. The van der Waals surface area contributed by atoms with Gasteiger partial charge in [-0.15, -0.1) is 0 Å². The van der Waals surface area contributed by atoms with Crippen molar-refractivity contribution >= 4 is 33.0 Å². The number of hydrogen-bond donors (Lipinski definition) is 2. The van der Waals surface area contributed by atoms with Crippen molar-refractivity contribution in [1.29, 1.82) is 0 Å². The molecule has 1 heterocycles. The quantitative estimate of drug-likeness (QED) is 0.872. The van der Waals surface area contributed by atoms with Crippen LogP contribution >= 0.6 is 23.2 Å². The molecule has 3 N–H and O–H groups in total. The minimum absolute atomic E-state index is 0.0800. The Kier molecular flexibility index (Phi) is 5.54. The molecule has 1 aliphatic heterocycles. The molecule has 3 atom stereocenters. The molecular weight excluding hydrogens is 333 g/mol. The van der Waals surface area contributed by atoms with Gasteiger partial charge in [-0.05, 0) is 30.5 Å². The molecule has 1 saturated heterocycles. The lowest BCUT2D eigenvalue weighted by molar-refractivity contribution is 0.133. The van der Waals surface area contributed by atoms with Gasteiger partial charge in [0.2, 0.25) is 0 Å². The summed E-state index contributed by atoms with van der Waals surface area (Å²) in [6, 6.07) is 5.02. The van der Waals surface area contributed by atoms with Crippen LogP contribution in [-0.2, 0) is 9.84 Å². The van der Waals surface area contributed by atoms with E-state index in [2.05, 4.69) is 0 Å². The topological polar surface area (TPSA) is 80.4 Å². The molecule has 0 bridgehead atoms. The van der Waals surface area contributed by atoms with E-state index in [1.165, 1.54) is 0 Å². The summed E-state index contributed by atoms with van der Waals surface area (Å²) in [7, 11) is -3.30. The largest absolute Gasteiger partial charge is 0.391 e. The van der Waals surface area contributed by atoms with E-state index >= 15 is 0 Å². The molecular formula is C14H19Cl2NO3S. The first-order valence-electron chi connectivity index (χ1n) is 6.92. The molecule has 3 unspecified atom stereocenters. The summed E-state index contributed by atoms with van der Waals surface area (Å²) in [5.74, 6) is -0.480. The van der Waals surface area contributed by atoms with E-state index in [0.717, 1.165) is 6.42 Å². The van der Waals surface area contributed by atoms with Gasteiger partial charge >= 0.3 is 0 Å². The molecule has 2 rings (SSSR count). The average molecular weight is 352 g/mol. The Morgan fingerprint density at radius 3 is 2.43 bits per heavy atom. The predicted octanol–water partition coefficient (Wildman–Crippen LogP) is 2.36. The van der Waals surface area contributed by atoms with Crippen LogP contribution in [0.2, 0.25) is 10.0 Å². The molecule has 118 valence electrons. The summed E-state index contributed by atoms with van der Waals surface area (Å²) >= 11 is 12.3. The van der Waals surface area contributed by atoms with Gasteiger partial charge in [-0.25, -0.2) is 8.42 Å². The smallest absolute Gasteiger partial charge is 0.155 e. The van der Waals surface area contributed by atoms with Crippen LogP contribution in [0.5, 0.6) is 0 Å². The summed E-state index contributed by atoms with van der Waals surface area (Å²) < 4.78 is 24.4. The summed E-state index contributed by atoms with van der Waals surface area (Å²) in [4.78, 5) is 0. The lowest BCUT2D eigenvalue weighted by atomic mass is 9.89. The molecule has 1 aromatic carbocycles. The SMILES string of the molecule is NCC(c1c(Cl)cccc1Cl)C(O)C1CCCCS1(=O)=O. The van der Waals surface area contributed by atoms with Crippen LogP contribution in [0, 0.1) is 0 Å². The average Bonchev–Trinajstić information content (AvgIpc) is 2.42. The zero-order valence-electron chi connectivity index (χ0n) is 11.5. The zero-order valence-corrected chi connectivity index (χ0v) is 13.8. The van der Waals surface area contributed by atoms with Gasteiger partial charge in [0, 0.05) is 22.5 Å². The predicted molar refractivity (Wildman–Crippen MR) is 85.7 cm³/mol. The van der Waals surface area contributed by atoms with E-state index in [1.807, 2.05) is 0 Å². The van der Waals surface area contributed by atoms with Crippen LogP contribution in [0.3, 0.4) is 0 Å². The summed E-state index contributed by atoms with van der Waals surface area (Å²) in [6.45, 7) is 0.0800. The molecule has 0 spiro atoms. The van der Waals surface area contributed by atoms with Gasteiger partial charge in [-0.2, -0.15) is 0 Å². The molecule has 0 radical (unpaired) electrons. The van der Waals surface area contributed by atoms with Crippen molar-refractivity contribution < 1.29 is 13.5 Å². The third kappa shape index (κ3) is 3.54. The van der Waals surface area contributed by atoms with Crippen molar-refractivity contribution in [2.24, 2.45) is 5.73 Å². The lowest BCUT2D eigenvalue weighted by Crippen LogP contribution is -2.43. The highest BCUT2D eigenvalue weighted by molar-refractivity contribution is 7.92. The second kappa shape index (κ2) is 6.84. The normalized spacial score (nSPS) is 24.5. The van der Waals surface area contributed by atoms with Crippen molar-refractivity contribution in [3.05, 3.63) is 33.8 Å². The van der Waals surface area contributed by atoms with Crippen molar-refractivity contribution in [2.75, 3.05) is 12.3 Å². The molecule has 4 nitrogen and oxygen atoms in total. The molecule has 0 aromatic heterocycles. The van der Waals surface area contributed by atoms with Crippen LogP contribution < -0.4 is 5.73 Å². The van der Waals surface area contributed by atoms with Crippen LogP contribution in [0.25, 0.3) is 0 Å². The highest BCUT2D eigenvalue weighted by Gasteiger charge is 2.39. The van der Waals surface area contributed by atoms with Crippen molar-refractivity contribution in [2.45, 2.75) is 36.5 Å². The number of sulfone groups is 1. The monoisotopic (exact) mass is 351 g/mol. The van der Waals surface area contributed by atoms with E-state index in [1.54, 1.807) is 18.2 Å². The van der Waals surface area contributed by atoms with Crippen LogP contribution in [0.4, 0.5) is 0 Å². The van der Waals surface area contributed by atoms with Crippen LogP contribution in [0.15, 0.2) is 18.2 Å². The minimum atomic E-state index is -3.30. The zero-order chi connectivity index (χ0) is 15.6. The van der Waals surface area contributed by atoms with Crippen LogP contribution in [0.1, 0.15) is 30.7 Å². The Bertz CT molecular complexity index is 586. The Labute approximate surface area is 135 Å². The maximum absolute atomic E-state index is 12.2. The summed E-state index contributed by atoms with van der Waals surface area (Å²) in [5.41, 5.74) is 6.29. The highest BCUT2D eigenvalue weighted by atomic mass is 35.5. The number of benzene rings is 1. The van der Waals surface area contributed by atoms with Gasteiger partial charge in [0.15, 0.2) is 9.84 Å². The van der Waals surface area contributed by atoms with E-state index in [4.69, 9.17) is 28.9 Å². The molecule has 1 aliphatic rings. The van der Waals surface area contributed by atoms with Gasteiger partial charge in [0.1, 0.15) is 0 Å². The van der Waals surface area contributed by atoms with E-state index in [9.17, 15) is 13.5 Å². The molecule has 1 fully saturated rings. The van der Waals surface area contributed by atoms with Crippen LogP contribution in [-0.4, -0.2) is 37.2 Å². The standard InChI is InChI=1S/C14H19Cl2NO3S/c15-10-4-3-5-11(16)13(10)9(8-17)14(18)12-6-1-2-7-21(12,19)20/h3-5,9,12,14,18H,1-2,6-8,17H2. The maximum Gasteiger partial charge on any atom is 0.155 e. The minimum Gasteiger partial charge on any atom is -0.391 e. The number of hydrogen-bond acceptors (Lipinski definition) is 4. The Hall–Kier alpha value is -0.330. The number of rotatable bonds is 4. The Morgan fingerprint density at radius 1 is 1.29 bits per heavy atom. The first-order chi connectivity index (χ1) is 9.88. The third-order valence-corrected chi connectivity index (χ3v) is 7.00. The summed E-state index contributed by atoms with van der Waals surface area (Å²) in [6.07, 6.45) is 0.778. The van der Waals surface area contributed by atoms with Crippen molar-refractivity contribution in [3.63, 3.8) is 0 Å². The summed E-state index contributed by atoms with van der Waals surface area (Å²) in [5, 5.41) is 10.6. The first-order valence-corrected chi connectivity index (χ1v) is 9.39. The Balaban J connectivity index is 2.37. The first kappa shape index (κ1) is 17.0. The van der Waals surface area contributed by atoms with Gasteiger partial charge in [0.25, 0.3) is 0 Å². The number of aliphatic hydroxyl groups is 1. The van der Waals surface area contributed by atoms with Gasteiger partial charge in [0.05, 0.1) is 17.1 Å². The fourth-order valence-electron chi connectivity index (χ4n) is 2.91. The van der Waals surface area contributed by atoms with Crippen molar-refractivity contribution in [3.8, 4) is 0 Å². The fourth-order valence-corrected chi connectivity index (χ4v) is 5.64. The molecule has 21 heavy (non-hydrogen) atoms. The van der Waals surface area contributed by atoms with Crippen molar-refractivity contribution in [1.82, 2.24) is 0 Å².